The molecule has 1 fully saturated rings. The van der Waals surface area contributed by atoms with Gasteiger partial charge < -0.3 is 9.47 Å². The van der Waals surface area contributed by atoms with Crippen molar-refractivity contribution in [3.05, 3.63) is 22.8 Å². The molecule has 1 aliphatic carbocycles. The largest absolute Gasteiger partial charge is 0.495 e. The van der Waals surface area contributed by atoms with E-state index in [0.29, 0.717) is 35.0 Å². The lowest BCUT2D eigenvalue weighted by molar-refractivity contribution is 0.0865. The Hall–Kier alpha value is -1.84. The molecule has 0 amide bonds. The van der Waals surface area contributed by atoms with Crippen molar-refractivity contribution in [2.45, 2.75) is 51.0 Å². The van der Waals surface area contributed by atoms with E-state index in [1.807, 2.05) is 13.0 Å². The number of ketones is 1. The van der Waals surface area contributed by atoms with Crippen LogP contribution in [0.2, 0.25) is 0 Å². The topological polar surface area (TPSA) is 52.6 Å². The fourth-order valence-electron chi connectivity index (χ4n) is 3.56. The first-order valence-corrected chi connectivity index (χ1v) is 7.55. The highest BCUT2D eigenvalue weighted by atomic mass is 16.5. The maximum absolute atomic E-state index is 12.3. The van der Waals surface area contributed by atoms with Crippen LogP contribution < -0.4 is 9.47 Å². The van der Waals surface area contributed by atoms with Gasteiger partial charge in [0.15, 0.2) is 12.1 Å². The minimum absolute atomic E-state index is 0.0123. The molecule has 3 rings (SSSR count). The molecular formula is C17H20O4. The minimum atomic E-state index is -0.131. The highest BCUT2D eigenvalue weighted by Gasteiger charge is 2.32. The Morgan fingerprint density at radius 2 is 2.05 bits per heavy atom. The van der Waals surface area contributed by atoms with Gasteiger partial charge in [0.1, 0.15) is 23.2 Å². The van der Waals surface area contributed by atoms with Crippen molar-refractivity contribution in [2.75, 3.05) is 7.11 Å². The number of Topliss-reactive ketones (excluding diaryl/α,β-unsaturated/α-hetero) is 1. The first-order chi connectivity index (χ1) is 10.2. The summed E-state index contributed by atoms with van der Waals surface area (Å²) in [6, 6.07) is 1.89. The lowest BCUT2D eigenvalue weighted by Crippen LogP contribution is -2.25. The molecule has 1 saturated carbocycles. The molecule has 0 saturated heterocycles. The molecule has 1 aromatic rings. The SMILES string of the molecule is COc1c(C=O)c(C2CCCC2)cc2c1C(=O)CC(C)O2. The van der Waals surface area contributed by atoms with E-state index in [-0.39, 0.29) is 11.9 Å². The molecule has 2 aliphatic rings. The lowest BCUT2D eigenvalue weighted by atomic mass is 9.88. The molecule has 1 aliphatic heterocycles. The smallest absolute Gasteiger partial charge is 0.174 e. The van der Waals surface area contributed by atoms with Crippen molar-refractivity contribution in [3.8, 4) is 11.5 Å². The molecule has 0 N–H and O–H groups in total. The molecule has 4 nitrogen and oxygen atoms in total. The lowest BCUT2D eigenvalue weighted by Gasteiger charge is -2.27. The van der Waals surface area contributed by atoms with Gasteiger partial charge in [-0.15, -0.1) is 0 Å². The van der Waals surface area contributed by atoms with Crippen LogP contribution in [-0.4, -0.2) is 25.3 Å². The molecule has 4 heteroatoms. The van der Waals surface area contributed by atoms with Crippen molar-refractivity contribution < 1.29 is 19.1 Å². The van der Waals surface area contributed by atoms with Gasteiger partial charge in [-0.2, -0.15) is 0 Å². The predicted octanol–water partition coefficient (Wildman–Crippen LogP) is 3.52. The standard InChI is InChI=1S/C17H20O4/c1-10-7-14(19)16-15(21-10)8-12(11-5-3-4-6-11)13(9-18)17(16)20-2/h8-11H,3-7H2,1-2H3. The van der Waals surface area contributed by atoms with Crippen LogP contribution in [0.15, 0.2) is 6.07 Å². The Labute approximate surface area is 124 Å². The third-order valence-corrected chi connectivity index (χ3v) is 4.51. The van der Waals surface area contributed by atoms with Crippen LogP contribution in [0.3, 0.4) is 0 Å². The van der Waals surface area contributed by atoms with Crippen LogP contribution in [0.5, 0.6) is 11.5 Å². The van der Waals surface area contributed by atoms with E-state index in [9.17, 15) is 9.59 Å². The number of hydrogen-bond acceptors (Lipinski definition) is 4. The highest BCUT2D eigenvalue weighted by molar-refractivity contribution is 6.05. The molecule has 21 heavy (non-hydrogen) atoms. The molecule has 0 radical (unpaired) electrons. The summed E-state index contributed by atoms with van der Waals surface area (Å²) in [5.74, 6) is 1.31. The van der Waals surface area contributed by atoms with Gasteiger partial charge >= 0.3 is 0 Å². The summed E-state index contributed by atoms with van der Waals surface area (Å²) in [5, 5.41) is 0. The van der Waals surface area contributed by atoms with Crippen LogP contribution in [-0.2, 0) is 0 Å². The van der Waals surface area contributed by atoms with Crippen molar-refractivity contribution in [3.63, 3.8) is 0 Å². The summed E-state index contributed by atoms with van der Waals surface area (Å²) < 4.78 is 11.2. The van der Waals surface area contributed by atoms with E-state index in [1.54, 1.807) is 0 Å². The Kier molecular flexibility index (Phi) is 3.70. The van der Waals surface area contributed by atoms with E-state index in [4.69, 9.17) is 9.47 Å². The number of methoxy groups -OCH3 is 1. The Balaban J connectivity index is 2.20. The summed E-state index contributed by atoms with van der Waals surface area (Å²) in [5.41, 5.74) is 1.93. The second-order valence-corrected chi connectivity index (χ2v) is 5.94. The first kappa shape index (κ1) is 14.1. The number of carbonyl (C=O) groups excluding carboxylic acids is 2. The van der Waals surface area contributed by atoms with Gasteiger partial charge in [-0.05, 0) is 37.3 Å². The number of fused-ring (bicyclic) bond motifs is 1. The quantitative estimate of drug-likeness (QED) is 0.799. The van der Waals surface area contributed by atoms with Gasteiger partial charge in [0.25, 0.3) is 0 Å². The fraction of sp³-hybridized carbons (Fsp3) is 0.529. The molecule has 1 unspecified atom stereocenters. The summed E-state index contributed by atoms with van der Waals surface area (Å²) in [4.78, 5) is 23.9. The zero-order valence-electron chi connectivity index (χ0n) is 12.5. The number of ether oxygens (including phenoxy) is 2. The minimum Gasteiger partial charge on any atom is -0.495 e. The Bertz CT molecular complexity index is 585. The van der Waals surface area contributed by atoms with Gasteiger partial charge in [0.2, 0.25) is 0 Å². The van der Waals surface area contributed by atoms with Gasteiger partial charge in [-0.1, -0.05) is 12.8 Å². The molecule has 0 aromatic heterocycles. The zero-order valence-corrected chi connectivity index (χ0v) is 12.5. The van der Waals surface area contributed by atoms with Crippen LogP contribution in [0.1, 0.15) is 71.2 Å². The summed E-state index contributed by atoms with van der Waals surface area (Å²) in [6.07, 6.45) is 5.52. The zero-order chi connectivity index (χ0) is 15.0. The van der Waals surface area contributed by atoms with Crippen molar-refractivity contribution >= 4 is 12.1 Å². The summed E-state index contributed by atoms with van der Waals surface area (Å²) >= 11 is 0. The fourth-order valence-corrected chi connectivity index (χ4v) is 3.56. The van der Waals surface area contributed by atoms with Crippen LogP contribution in [0.25, 0.3) is 0 Å². The molecule has 1 aromatic carbocycles. The van der Waals surface area contributed by atoms with E-state index in [2.05, 4.69) is 0 Å². The van der Waals surface area contributed by atoms with Crippen LogP contribution in [0.4, 0.5) is 0 Å². The molecular weight excluding hydrogens is 268 g/mol. The first-order valence-electron chi connectivity index (χ1n) is 7.55. The number of aldehydes is 1. The van der Waals surface area contributed by atoms with Crippen molar-refractivity contribution in [1.29, 1.82) is 0 Å². The molecule has 1 atom stereocenters. The second-order valence-electron chi connectivity index (χ2n) is 5.94. The number of benzene rings is 1. The third kappa shape index (κ3) is 2.33. The summed E-state index contributed by atoms with van der Waals surface area (Å²) in [6.45, 7) is 1.89. The average molecular weight is 288 g/mol. The molecule has 112 valence electrons. The number of hydrogen-bond donors (Lipinski definition) is 0. The highest BCUT2D eigenvalue weighted by Crippen LogP contribution is 2.44. The van der Waals surface area contributed by atoms with Gasteiger partial charge in [0.05, 0.1) is 12.7 Å². The van der Waals surface area contributed by atoms with Gasteiger partial charge in [0, 0.05) is 6.42 Å². The van der Waals surface area contributed by atoms with Crippen molar-refractivity contribution in [1.82, 2.24) is 0 Å². The third-order valence-electron chi connectivity index (χ3n) is 4.51. The molecule has 0 bridgehead atoms. The summed E-state index contributed by atoms with van der Waals surface area (Å²) in [7, 11) is 1.51. The predicted molar refractivity (Wildman–Crippen MR) is 78.6 cm³/mol. The molecule has 0 spiro atoms. The Morgan fingerprint density at radius 3 is 2.67 bits per heavy atom. The average Bonchev–Trinajstić information content (AvgIpc) is 2.98. The van der Waals surface area contributed by atoms with Gasteiger partial charge in [-0.25, -0.2) is 0 Å². The van der Waals surface area contributed by atoms with Gasteiger partial charge in [-0.3, -0.25) is 9.59 Å². The Morgan fingerprint density at radius 1 is 1.33 bits per heavy atom. The van der Waals surface area contributed by atoms with Crippen LogP contribution in [0, 0.1) is 0 Å². The van der Waals surface area contributed by atoms with E-state index >= 15 is 0 Å². The normalized spacial score (nSPS) is 21.8. The molecule has 1 heterocycles. The number of rotatable bonds is 3. The van der Waals surface area contributed by atoms with Crippen molar-refractivity contribution in [2.24, 2.45) is 0 Å². The van der Waals surface area contributed by atoms with E-state index in [1.165, 1.54) is 20.0 Å². The maximum Gasteiger partial charge on any atom is 0.174 e. The second kappa shape index (κ2) is 5.51. The van der Waals surface area contributed by atoms with E-state index < -0.39 is 0 Å². The number of carbonyl (C=O) groups is 2. The van der Waals surface area contributed by atoms with Crippen LogP contribution >= 0.6 is 0 Å². The maximum atomic E-state index is 12.3. The van der Waals surface area contributed by atoms with E-state index in [0.717, 1.165) is 24.7 Å². The monoisotopic (exact) mass is 288 g/mol.